The van der Waals surface area contributed by atoms with Crippen molar-refractivity contribution < 1.29 is 9.84 Å². The number of aromatic amines is 1. The zero-order valence-corrected chi connectivity index (χ0v) is 8.14. The summed E-state index contributed by atoms with van der Waals surface area (Å²) in [4.78, 5) is 14.8. The molecular formula is C8H11N5O2. The number of fused-ring (bicyclic) bond motifs is 1. The summed E-state index contributed by atoms with van der Waals surface area (Å²) in [7, 11) is 1.34. The normalized spacial score (nSPS) is 15.4. The summed E-state index contributed by atoms with van der Waals surface area (Å²) in [5, 5.41) is 9.89. The maximum absolute atomic E-state index is 9.89. The van der Waals surface area contributed by atoms with Gasteiger partial charge in [0.25, 0.3) is 0 Å². The summed E-state index contributed by atoms with van der Waals surface area (Å²) in [5.41, 5.74) is 6.54. The third kappa shape index (κ3) is 1.56. The summed E-state index contributed by atoms with van der Waals surface area (Å²) < 4.78 is 4.87. The number of hydrogen-bond acceptors (Lipinski definition) is 6. The van der Waals surface area contributed by atoms with Gasteiger partial charge in [-0.1, -0.05) is 0 Å². The number of H-pyrrole nitrogens is 1. The highest BCUT2D eigenvalue weighted by molar-refractivity contribution is 5.68. The molecule has 0 saturated carbocycles. The van der Waals surface area contributed by atoms with Crippen molar-refractivity contribution in [1.82, 2.24) is 19.9 Å². The molecule has 15 heavy (non-hydrogen) atoms. The van der Waals surface area contributed by atoms with Crippen LogP contribution in [0.4, 0.5) is 0 Å². The average Bonchev–Trinajstić information content (AvgIpc) is 2.74. The van der Waals surface area contributed by atoms with Gasteiger partial charge in [0, 0.05) is 7.11 Å². The Labute approximate surface area is 85.3 Å². The first-order valence-electron chi connectivity index (χ1n) is 4.34. The quantitative estimate of drug-likeness (QED) is 0.565. The Hall–Kier alpha value is -1.57. The Morgan fingerprint density at radius 2 is 2.40 bits per heavy atom. The Morgan fingerprint density at radius 3 is 3.07 bits per heavy atom. The van der Waals surface area contributed by atoms with Crippen LogP contribution in [0.3, 0.4) is 0 Å². The largest absolute Gasteiger partial charge is 0.358 e. The number of nitrogens with one attached hydrogen (secondary N) is 1. The highest BCUT2D eigenvalue weighted by atomic mass is 16.6. The Morgan fingerprint density at radius 1 is 1.60 bits per heavy atom. The molecule has 2 aromatic heterocycles. The summed E-state index contributed by atoms with van der Waals surface area (Å²) in [6.45, 7) is -0.126. The molecule has 7 nitrogen and oxygen atoms in total. The van der Waals surface area contributed by atoms with Crippen LogP contribution in [-0.2, 0) is 10.5 Å². The number of nitrogens with zero attached hydrogens (tertiary/aromatic N) is 3. The zero-order valence-electron chi connectivity index (χ0n) is 8.14. The van der Waals surface area contributed by atoms with Crippen molar-refractivity contribution in [2.24, 2.45) is 5.73 Å². The van der Waals surface area contributed by atoms with E-state index in [-0.39, 0.29) is 12.4 Å². The minimum Gasteiger partial charge on any atom is -0.358 e. The molecule has 1 atom stereocenters. The van der Waals surface area contributed by atoms with Gasteiger partial charge in [0.2, 0.25) is 5.79 Å². The van der Waals surface area contributed by atoms with E-state index in [0.29, 0.717) is 11.2 Å². The lowest BCUT2D eigenvalue weighted by molar-refractivity contribution is -0.191. The topological polar surface area (TPSA) is 110 Å². The van der Waals surface area contributed by atoms with E-state index in [1.807, 2.05) is 0 Å². The first-order chi connectivity index (χ1) is 7.19. The van der Waals surface area contributed by atoms with Crippen molar-refractivity contribution in [3.63, 3.8) is 0 Å². The minimum atomic E-state index is -1.66. The van der Waals surface area contributed by atoms with Crippen molar-refractivity contribution in [3.8, 4) is 0 Å². The average molecular weight is 209 g/mol. The van der Waals surface area contributed by atoms with Crippen LogP contribution in [0.2, 0.25) is 0 Å². The molecular weight excluding hydrogens is 198 g/mol. The second-order valence-electron chi connectivity index (χ2n) is 3.03. The smallest absolute Gasteiger partial charge is 0.240 e. The molecule has 2 heterocycles. The fourth-order valence-electron chi connectivity index (χ4n) is 1.19. The lowest BCUT2D eigenvalue weighted by Crippen LogP contribution is -2.38. The molecule has 0 aliphatic heterocycles. The molecule has 7 heteroatoms. The zero-order chi connectivity index (χ0) is 10.9. The third-order valence-corrected chi connectivity index (χ3v) is 2.14. The number of hydrogen-bond donors (Lipinski definition) is 3. The number of aliphatic hydroxyl groups is 1. The van der Waals surface area contributed by atoms with Gasteiger partial charge in [-0.15, -0.1) is 0 Å². The van der Waals surface area contributed by atoms with E-state index in [2.05, 4.69) is 19.9 Å². The summed E-state index contributed by atoms with van der Waals surface area (Å²) in [6.07, 6.45) is 3.02. The number of imidazole rings is 1. The van der Waals surface area contributed by atoms with E-state index < -0.39 is 5.79 Å². The summed E-state index contributed by atoms with van der Waals surface area (Å²) >= 11 is 0. The number of rotatable bonds is 3. The molecule has 2 rings (SSSR count). The van der Waals surface area contributed by atoms with Crippen LogP contribution in [0.25, 0.3) is 11.2 Å². The Kier molecular flexibility index (Phi) is 2.35. The molecule has 0 amide bonds. The second-order valence-corrected chi connectivity index (χ2v) is 3.03. The third-order valence-electron chi connectivity index (χ3n) is 2.14. The van der Waals surface area contributed by atoms with Crippen LogP contribution in [0.15, 0.2) is 12.5 Å². The highest BCUT2D eigenvalue weighted by Crippen LogP contribution is 2.17. The van der Waals surface area contributed by atoms with E-state index in [0.717, 1.165) is 0 Å². The van der Waals surface area contributed by atoms with Gasteiger partial charge < -0.3 is 20.6 Å². The predicted molar refractivity (Wildman–Crippen MR) is 51.6 cm³/mol. The lowest BCUT2D eigenvalue weighted by atomic mass is 10.2. The fourth-order valence-corrected chi connectivity index (χ4v) is 1.19. The predicted octanol–water partition coefficient (Wildman–Crippen LogP) is -0.897. The number of aromatic nitrogens is 4. The van der Waals surface area contributed by atoms with Crippen molar-refractivity contribution in [1.29, 1.82) is 0 Å². The molecule has 0 aliphatic rings. The molecule has 0 aromatic carbocycles. The van der Waals surface area contributed by atoms with E-state index >= 15 is 0 Å². The number of ether oxygens (including phenoxy) is 1. The SMILES string of the molecule is COC(O)(CN)c1ncc2[nH]cnc2n1. The first kappa shape index (κ1) is 9.97. The van der Waals surface area contributed by atoms with E-state index in [1.54, 1.807) is 0 Å². The van der Waals surface area contributed by atoms with Crippen LogP contribution in [0, 0.1) is 0 Å². The molecule has 1 unspecified atom stereocenters. The maximum Gasteiger partial charge on any atom is 0.240 e. The molecule has 0 spiro atoms. The molecule has 0 fully saturated rings. The standard InChI is InChI=1S/C8H11N5O2/c1-15-8(14,3-9)7-10-2-5-6(13-7)12-4-11-5/h2,4,14H,3,9H2,1H3,(H,10,11,12,13). The fraction of sp³-hybridized carbons (Fsp3) is 0.375. The van der Waals surface area contributed by atoms with Crippen LogP contribution in [-0.4, -0.2) is 38.7 Å². The minimum absolute atomic E-state index is 0.104. The number of nitrogens with two attached hydrogens (primary N) is 1. The van der Waals surface area contributed by atoms with E-state index in [9.17, 15) is 5.11 Å². The first-order valence-corrected chi connectivity index (χ1v) is 4.34. The van der Waals surface area contributed by atoms with Gasteiger partial charge in [0.05, 0.1) is 19.1 Å². The van der Waals surface area contributed by atoms with Gasteiger partial charge in [-0.25, -0.2) is 15.0 Å². The second kappa shape index (κ2) is 3.54. The van der Waals surface area contributed by atoms with Gasteiger partial charge in [0.1, 0.15) is 5.52 Å². The summed E-state index contributed by atoms with van der Waals surface area (Å²) in [5.74, 6) is -1.56. The van der Waals surface area contributed by atoms with Gasteiger partial charge in [0.15, 0.2) is 11.5 Å². The van der Waals surface area contributed by atoms with E-state index in [1.165, 1.54) is 19.6 Å². The van der Waals surface area contributed by atoms with Crippen LogP contribution in [0.5, 0.6) is 0 Å². The van der Waals surface area contributed by atoms with Gasteiger partial charge in [-0.05, 0) is 0 Å². The van der Waals surface area contributed by atoms with Crippen molar-refractivity contribution >= 4 is 11.2 Å². The molecule has 2 aromatic rings. The molecule has 0 bridgehead atoms. The van der Waals surface area contributed by atoms with Crippen LogP contribution < -0.4 is 5.73 Å². The monoisotopic (exact) mass is 209 g/mol. The van der Waals surface area contributed by atoms with Crippen LogP contribution >= 0.6 is 0 Å². The van der Waals surface area contributed by atoms with Gasteiger partial charge in [-0.3, -0.25) is 0 Å². The van der Waals surface area contributed by atoms with Crippen LogP contribution in [0.1, 0.15) is 5.82 Å². The lowest BCUT2D eigenvalue weighted by Gasteiger charge is -2.22. The number of methoxy groups -OCH3 is 1. The molecule has 0 aliphatic carbocycles. The molecule has 0 saturated heterocycles. The molecule has 4 N–H and O–H groups in total. The van der Waals surface area contributed by atoms with Crippen molar-refractivity contribution in [2.45, 2.75) is 5.79 Å². The van der Waals surface area contributed by atoms with Crippen molar-refractivity contribution in [3.05, 3.63) is 18.3 Å². The highest BCUT2D eigenvalue weighted by Gasteiger charge is 2.31. The Bertz CT molecular complexity index is 465. The maximum atomic E-state index is 9.89. The molecule has 80 valence electrons. The summed E-state index contributed by atoms with van der Waals surface area (Å²) in [6, 6.07) is 0. The van der Waals surface area contributed by atoms with E-state index in [4.69, 9.17) is 10.5 Å². The molecule has 0 radical (unpaired) electrons. The Balaban J connectivity index is 2.51. The van der Waals surface area contributed by atoms with Crippen molar-refractivity contribution in [2.75, 3.05) is 13.7 Å². The van der Waals surface area contributed by atoms with Gasteiger partial charge in [-0.2, -0.15) is 0 Å². The van der Waals surface area contributed by atoms with Gasteiger partial charge >= 0.3 is 0 Å².